The standard InChI is InChI=1S/C19H25N3O2/c1-13-7-8-15-14(11-13)12-16(21(15)5)17(23)22-10-6-9-19(22,2)18(24)20(3)4/h7-8,11-12H,6,9-10H2,1-5H3/t19-/m1/s1. The summed E-state index contributed by atoms with van der Waals surface area (Å²) in [6, 6.07) is 8.10. The minimum absolute atomic E-state index is 0.0111. The van der Waals surface area contributed by atoms with Crippen LogP contribution in [0.25, 0.3) is 10.9 Å². The number of aromatic nitrogens is 1. The van der Waals surface area contributed by atoms with Crippen molar-refractivity contribution in [1.29, 1.82) is 0 Å². The number of hydrogen-bond acceptors (Lipinski definition) is 2. The average molecular weight is 327 g/mol. The zero-order valence-electron chi connectivity index (χ0n) is 15.1. The van der Waals surface area contributed by atoms with Crippen LogP contribution in [0.3, 0.4) is 0 Å². The fourth-order valence-corrected chi connectivity index (χ4v) is 3.81. The molecule has 2 heterocycles. The van der Waals surface area contributed by atoms with Crippen LogP contribution in [0.4, 0.5) is 0 Å². The van der Waals surface area contributed by atoms with Crippen LogP contribution in [0.5, 0.6) is 0 Å². The topological polar surface area (TPSA) is 45.6 Å². The Hall–Kier alpha value is -2.30. The number of carbonyl (C=O) groups is 2. The maximum absolute atomic E-state index is 13.2. The first-order chi connectivity index (χ1) is 11.3. The Bertz CT molecular complexity index is 821. The third kappa shape index (κ3) is 2.39. The molecule has 1 fully saturated rings. The quantitative estimate of drug-likeness (QED) is 0.851. The van der Waals surface area contributed by atoms with Gasteiger partial charge in [-0.05, 0) is 44.9 Å². The van der Waals surface area contributed by atoms with E-state index in [4.69, 9.17) is 0 Å². The molecule has 5 heteroatoms. The second-order valence-electron chi connectivity index (χ2n) is 7.18. The fraction of sp³-hybridized carbons (Fsp3) is 0.474. The summed E-state index contributed by atoms with van der Waals surface area (Å²) >= 11 is 0. The molecule has 0 radical (unpaired) electrons. The van der Waals surface area contributed by atoms with E-state index in [2.05, 4.69) is 6.07 Å². The van der Waals surface area contributed by atoms with E-state index in [0.29, 0.717) is 18.7 Å². The van der Waals surface area contributed by atoms with E-state index in [0.717, 1.165) is 17.3 Å². The molecular formula is C19H25N3O2. The van der Waals surface area contributed by atoms with Crippen LogP contribution >= 0.6 is 0 Å². The molecule has 2 amide bonds. The second-order valence-corrected chi connectivity index (χ2v) is 7.18. The smallest absolute Gasteiger partial charge is 0.271 e. The van der Waals surface area contributed by atoms with Crippen molar-refractivity contribution in [2.24, 2.45) is 7.05 Å². The predicted octanol–water partition coefficient (Wildman–Crippen LogP) is 2.57. The number of benzene rings is 1. The van der Waals surface area contributed by atoms with E-state index in [1.54, 1.807) is 23.9 Å². The van der Waals surface area contributed by atoms with Gasteiger partial charge in [0.2, 0.25) is 5.91 Å². The van der Waals surface area contributed by atoms with Crippen molar-refractivity contribution in [1.82, 2.24) is 14.4 Å². The molecule has 1 aromatic heterocycles. The Morgan fingerprint density at radius 3 is 2.58 bits per heavy atom. The summed E-state index contributed by atoms with van der Waals surface area (Å²) in [7, 11) is 5.40. The highest BCUT2D eigenvalue weighted by Gasteiger charge is 2.47. The van der Waals surface area contributed by atoms with Gasteiger partial charge in [0.25, 0.3) is 5.91 Å². The van der Waals surface area contributed by atoms with Gasteiger partial charge in [-0.15, -0.1) is 0 Å². The van der Waals surface area contributed by atoms with Gasteiger partial charge in [0.15, 0.2) is 0 Å². The maximum Gasteiger partial charge on any atom is 0.271 e. The van der Waals surface area contributed by atoms with Crippen molar-refractivity contribution in [3.05, 3.63) is 35.5 Å². The number of nitrogens with zero attached hydrogens (tertiary/aromatic N) is 3. The summed E-state index contributed by atoms with van der Waals surface area (Å²) in [6.07, 6.45) is 1.56. The fourth-order valence-electron chi connectivity index (χ4n) is 3.81. The highest BCUT2D eigenvalue weighted by molar-refractivity contribution is 6.02. The molecular weight excluding hydrogens is 302 g/mol. The molecule has 1 aliphatic rings. The highest BCUT2D eigenvalue weighted by Crippen LogP contribution is 2.33. The van der Waals surface area contributed by atoms with Crippen molar-refractivity contribution < 1.29 is 9.59 Å². The predicted molar refractivity (Wildman–Crippen MR) is 95.0 cm³/mol. The van der Waals surface area contributed by atoms with Gasteiger partial charge < -0.3 is 14.4 Å². The van der Waals surface area contributed by atoms with E-state index < -0.39 is 5.54 Å². The van der Waals surface area contributed by atoms with Crippen LogP contribution in [-0.2, 0) is 11.8 Å². The zero-order valence-corrected chi connectivity index (χ0v) is 15.1. The van der Waals surface area contributed by atoms with Gasteiger partial charge in [-0.1, -0.05) is 11.6 Å². The Kier molecular flexibility index (Phi) is 3.90. The molecule has 5 nitrogen and oxygen atoms in total. The lowest BCUT2D eigenvalue weighted by Gasteiger charge is -2.35. The Balaban J connectivity index is 2.02. The molecule has 3 rings (SSSR count). The monoisotopic (exact) mass is 327 g/mol. The molecule has 0 aliphatic carbocycles. The summed E-state index contributed by atoms with van der Waals surface area (Å²) in [5, 5.41) is 1.06. The van der Waals surface area contributed by atoms with Crippen LogP contribution in [0.2, 0.25) is 0 Å². The van der Waals surface area contributed by atoms with Crippen LogP contribution in [0.15, 0.2) is 24.3 Å². The first-order valence-corrected chi connectivity index (χ1v) is 8.35. The lowest BCUT2D eigenvalue weighted by molar-refractivity contribution is -0.138. The lowest BCUT2D eigenvalue weighted by atomic mass is 9.97. The minimum atomic E-state index is -0.757. The Morgan fingerprint density at radius 2 is 1.92 bits per heavy atom. The van der Waals surface area contributed by atoms with E-state index in [1.165, 1.54) is 5.56 Å². The summed E-state index contributed by atoms with van der Waals surface area (Å²) in [4.78, 5) is 29.2. The number of likely N-dealkylation sites (tertiary alicyclic amines) is 1. The molecule has 128 valence electrons. The first kappa shape index (κ1) is 16.6. The summed E-state index contributed by atoms with van der Waals surface area (Å²) in [5.41, 5.74) is 2.08. The molecule has 1 saturated heterocycles. The average Bonchev–Trinajstić information content (AvgIpc) is 3.07. The van der Waals surface area contributed by atoms with Gasteiger partial charge in [0, 0.05) is 38.6 Å². The van der Waals surface area contributed by atoms with Crippen molar-refractivity contribution in [2.75, 3.05) is 20.6 Å². The molecule has 0 spiro atoms. The van der Waals surface area contributed by atoms with E-state index in [9.17, 15) is 9.59 Å². The summed E-state index contributed by atoms with van der Waals surface area (Å²) < 4.78 is 1.93. The lowest BCUT2D eigenvalue weighted by Crippen LogP contribution is -2.55. The molecule has 0 bridgehead atoms. The Morgan fingerprint density at radius 1 is 1.21 bits per heavy atom. The largest absolute Gasteiger partial charge is 0.347 e. The molecule has 24 heavy (non-hydrogen) atoms. The van der Waals surface area contributed by atoms with Gasteiger partial charge in [-0.25, -0.2) is 0 Å². The molecule has 1 atom stereocenters. The van der Waals surface area contributed by atoms with Gasteiger partial charge in [0.1, 0.15) is 11.2 Å². The second kappa shape index (κ2) is 5.65. The molecule has 1 aromatic carbocycles. The van der Waals surface area contributed by atoms with Crippen LogP contribution < -0.4 is 0 Å². The molecule has 1 aliphatic heterocycles. The molecule has 0 unspecified atom stereocenters. The van der Waals surface area contributed by atoms with E-state index in [-0.39, 0.29) is 11.8 Å². The van der Waals surface area contributed by atoms with Crippen LogP contribution in [-0.4, -0.2) is 52.4 Å². The number of aryl methyl sites for hydroxylation is 2. The Labute approximate surface area is 142 Å². The van der Waals surface area contributed by atoms with Gasteiger partial charge in [-0.2, -0.15) is 0 Å². The summed E-state index contributed by atoms with van der Waals surface area (Å²) in [5.74, 6) is -0.0792. The number of amides is 2. The number of carbonyl (C=O) groups excluding carboxylic acids is 2. The number of hydrogen-bond donors (Lipinski definition) is 0. The third-order valence-corrected chi connectivity index (χ3v) is 5.17. The number of likely N-dealkylation sites (N-methyl/N-ethyl adjacent to an activating group) is 1. The summed E-state index contributed by atoms with van der Waals surface area (Å²) in [6.45, 7) is 4.55. The van der Waals surface area contributed by atoms with Gasteiger partial charge >= 0.3 is 0 Å². The van der Waals surface area contributed by atoms with Crippen molar-refractivity contribution in [3.63, 3.8) is 0 Å². The van der Waals surface area contributed by atoms with Crippen molar-refractivity contribution >= 4 is 22.7 Å². The highest BCUT2D eigenvalue weighted by atomic mass is 16.2. The first-order valence-electron chi connectivity index (χ1n) is 8.35. The normalized spacial score (nSPS) is 20.6. The maximum atomic E-state index is 13.2. The molecule has 0 N–H and O–H groups in total. The van der Waals surface area contributed by atoms with Crippen LogP contribution in [0.1, 0.15) is 35.8 Å². The zero-order chi connectivity index (χ0) is 17.6. The van der Waals surface area contributed by atoms with Gasteiger partial charge in [-0.3, -0.25) is 9.59 Å². The third-order valence-electron chi connectivity index (χ3n) is 5.17. The molecule has 2 aromatic rings. The number of rotatable bonds is 2. The SMILES string of the molecule is Cc1ccc2c(c1)cc(C(=O)N1CCC[C@]1(C)C(=O)N(C)C)n2C. The van der Waals surface area contributed by atoms with Crippen LogP contribution in [0, 0.1) is 6.92 Å². The van der Waals surface area contributed by atoms with E-state index >= 15 is 0 Å². The number of fused-ring (bicyclic) bond motifs is 1. The van der Waals surface area contributed by atoms with Gasteiger partial charge in [0.05, 0.1) is 0 Å². The van der Waals surface area contributed by atoms with Crippen molar-refractivity contribution in [2.45, 2.75) is 32.2 Å². The minimum Gasteiger partial charge on any atom is -0.347 e. The van der Waals surface area contributed by atoms with Crippen molar-refractivity contribution in [3.8, 4) is 0 Å². The molecule has 0 saturated carbocycles. The van der Waals surface area contributed by atoms with E-state index in [1.807, 2.05) is 43.7 Å².